The van der Waals surface area contributed by atoms with Gasteiger partial charge in [-0.05, 0) is 19.4 Å². The summed E-state index contributed by atoms with van der Waals surface area (Å²) in [5, 5.41) is 11.6. The molecule has 0 saturated carbocycles. The smallest absolute Gasteiger partial charge is 0.296 e. The second-order valence-corrected chi connectivity index (χ2v) is 11.4. The molecule has 250 valence electrons. The third-order valence-corrected chi connectivity index (χ3v) is 8.92. The summed E-state index contributed by atoms with van der Waals surface area (Å²) < 4.78 is 42.9. The van der Waals surface area contributed by atoms with Crippen LogP contribution in [0.1, 0.15) is 45.0 Å². The summed E-state index contributed by atoms with van der Waals surface area (Å²) in [6.07, 6.45) is 3.62. The lowest BCUT2D eigenvalue weighted by molar-refractivity contribution is -0.521. The number of benzene rings is 3. The Labute approximate surface area is 275 Å². The number of rotatable bonds is 11. The first-order valence-corrected chi connectivity index (χ1v) is 15.2. The number of hydrogen-bond acceptors (Lipinski definition) is 9. The van der Waals surface area contributed by atoms with Gasteiger partial charge in [0.15, 0.2) is 29.2 Å². The van der Waals surface area contributed by atoms with E-state index < -0.39 is 12.1 Å². The molecule has 0 aliphatic carbocycles. The van der Waals surface area contributed by atoms with Gasteiger partial charge in [-0.25, -0.2) is 4.58 Å². The average molecular weight is 648 g/mol. The van der Waals surface area contributed by atoms with Gasteiger partial charge < -0.3 is 38.3 Å². The van der Waals surface area contributed by atoms with Crippen LogP contribution in [0.5, 0.6) is 34.5 Å². The molecule has 11 nitrogen and oxygen atoms in total. The van der Waals surface area contributed by atoms with Crippen molar-refractivity contribution in [3.8, 4) is 34.5 Å². The zero-order valence-corrected chi connectivity index (χ0v) is 28.4. The molecule has 0 bridgehead atoms. The molecule has 5 rings (SSSR count). The Morgan fingerprint density at radius 1 is 0.830 bits per heavy atom. The van der Waals surface area contributed by atoms with E-state index >= 15 is 0 Å². The first-order chi connectivity index (χ1) is 22.7. The van der Waals surface area contributed by atoms with E-state index in [0.29, 0.717) is 64.2 Å². The van der Waals surface area contributed by atoms with Crippen LogP contribution in [0.25, 0.3) is 5.76 Å². The van der Waals surface area contributed by atoms with Crippen LogP contribution in [-0.4, -0.2) is 89.1 Å². The Morgan fingerprint density at radius 3 is 2.00 bits per heavy atom. The Kier molecular flexibility index (Phi) is 9.85. The minimum absolute atomic E-state index is 0.0906. The second kappa shape index (κ2) is 13.8. The molecular weight excluding hydrogens is 604 g/mol. The molecule has 2 atom stereocenters. The van der Waals surface area contributed by atoms with Gasteiger partial charge in [-0.1, -0.05) is 30.3 Å². The summed E-state index contributed by atoms with van der Waals surface area (Å²) in [5.74, 6) is 2.59. The van der Waals surface area contributed by atoms with Crippen molar-refractivity contribution in [3.63, 3.8) is 0 Å². The van der Waals surface area contributed by atoms with Crippen molar-refractivity contribution < 1.29 is 47.6 Å². The average Bonchev–Trinajstić information content (AvgIpc) is 3.08. The second-order valence-electron chi connectivity index (χ2n) is 11.4. The lowest BCUT2D eigenvalue weighted by atomic mass is 9.88. The molecule has 3 aromatic rings. The summed E-state index contributed by atoms with van der Waals surface area (Å²) >= 11 is 0. The topological polar surface area (TPSA) is 108 Å². The molecule has 2 aliphatic heterocycles. The number of ether oxygens (including phenoxy) is 7. The lowest BCUT2D eigenvalue weighted by Crippen LogP contribution is -2.48. The first-order valence-electron chi connectivity index (χ1n) is 15.2. The van der Waals surface area contributed by atoms with Crippen molar-refractivity contribution in [1.29, 1.82) is 0 Å². The molecular formula is C36H43N2O9+. The standard InChI is InChI=1S/C36H42N2O9/c1-20-30(41-4)23-15-25(37(3)16-24(23)34(45-8)32(20)43-6)36(40)38-17-27(39)29-28(26(38)19-47-18-22-13-11-10-12-14-22)35(46-9)33(44-7)21(2)31(29)42-5/h10-14,16-17,25-26H,15,18-19H2,1-9H3/p+1/t25-,26?/m0/s1. The largest absolute Gasteiger partial charge is 0.506 e. The minimum Gasteiger partial charge on any atom is -0.506 e. The zero-order valence-electron chi connectivity index (χ0n) is 28.4. The van der Waals surface area contributed by atoms with Gasteiger partial charge in [0.05, 0.1) is 79.2 Å². The first kappa shape index (κ1) is 33.5. The van der Waals surface area contributed by atoms with E-state index in [0.717, 1.165) is 22.3 Å². The number of carbonyl (C=O) groups excluding carboxylic acids is 1. The quantitative estimate of drug-likeness (QED) is 0.288. The fourth-order valence-electron chi connectivity index (χ4n) is 6.77. The number of carbonyl (C=O) groups is 1. The highest BCUT2D eigenvalue weighted by atomic mass is 16.5. The lowest BCUT2D eigenvalue weighted by Gasteiger charge is -2.37. The van der Waals surface area contributed by atoms with Gasteiger partial charge in [-0.2, -0.15) is 0 Å². The van der Waals surface area contributed by atoms with E-state index in [2.05, 4.69) is 0 Å². The van der Waals surface area contributed by atoms with Crippen molar-refractivity contribution >= 4 is 17.9 Å². The summed E-state index contributed by atoms with van der Waals surface area (Å²) in [4.78, 5) is 16.3. The van der Waals surface area contributed by atoms with Crippen LogP contribution in [0.2, 0.25) is 0 Å². The van der Waals surface area contributed by atoms with Gasteiger partial charge in [0.2, 0.25) is 6.04 Å². The monoisotopic (exact) mass is 647 g/mol. The van der Waals surface area contributed by atoms with Crippen molar-refractivity contribution in [2.45, 2.75) is 39.0 Å². The van der Waals surface area contributed by atoms with E-state index in [1.165, 1.54) is 25.3 Å². The summed E-state index contributed by atoms with van der Waals surface area (Å²) in [7, 11) is 11.2. The van der Waals surface area contributed by atoms with E-state index in [4.69, 9.17) is 33.2 Å². The van der Waals surface area contributed by atoms with E-state index in [-0.39, 0.29) is 18.3 Å². The summed E-state index contributed by atoms with van der Waals surface area (Å²) in [5.41, 5.74) is 4.94. The highest BCUT2D eigenvalue weighted by Crippen LogP contribution is 2.52. The maximum Gasteiger partial charge on any atom is 0.296 e. The number of amides is 1. The van der Waals surface area contributed by atoms with Gasteiger partial charge >= 0.3 is 0 Å². The van der Waals surface area contributed by atoms with Crippen LogP contribution in [0, 0.1) is 13.8 Å². The molecule has 47 heavy (non-hydrogen) atoms. The SMILES string of the molecule is COc1c(C)c(OC)c(OC)c2c1C[C@@H](C(=O)N1C=C(O)c3c(OC)c(C)c(OC)c(OC)c3C1COCc1ccccc1)[N+](C)=C2. The molecule has 1 unspecified atom stereocenters. The number of aliphatic hydroxyl groups is 1. The molecule has 0 radical (unpaired) electrons. The molecule has 0 saturated heterocycles. The normalized spacial score (nSPS) is 16.7. The van der Waals surface area contributed by atoms with Crippen LogP contribution in [0.4, 0.5) is 0 Å². The Balaban J connectivity index is 1.63. The molecule has 0 fully saturated rings. The molecule has 0 spiro atoms. The van der Waals surface area contributed by atoms with Crippen molar-refractivity contribution in [2.75, 3.05) is 56.3 Å². The summed E-state index contributed by atoms with van der Waals surface area (Å²) in [6.45, 7) is 4.13. The van der Waals surface area contributed by atoms with Crippen molar-refractivity contribution in [1.82, 2.24) is 4.90 Å². The van der Waals surface area contributed by atoms with Gasteiger partial charge in [0.1, 0.15) is 24.3 Å². The third kappa shape index (κ3) is 5.69. The van der Waals surface area contributed by atoms with Crippen LogP contribution >= 0.6 is 0 Å². The van der Waals surface area contributed by atoms with Crippen molar-refractivity contribution in [2.24, 2.45) is 0 Å². The number of fused-ring (bicyclic) bond motifs is 2. The number of hydrogen-bond donors (Lipinski definition) is 1. The molecule has 2 heterocycles. The highest BCUT2D eigenvalue weighted by Gasteiger charge is 2.45. The van der Waals surface area contributed by atoms with Crippen LogP contribution < -0.4 is 28.4 Å². The van der Waals surface area contributed by atoms with Crippen LogP contribution in [-0.2, 0) is 22.6 Å². The molecule has 11 heteroatoms. The van der Waals surface area contributed by atoms with Crippen LogP contribution in [0.15, 0.2) is 36.5 Å². The predicted molar refractivity (Wildman–Crippen MR) is 177 cm³/mol. The number of aliphatic hydroxyl groups excluding tert-OH is 1. The fourth-order valence-corrected chi connectivity index (χ4v) is 6.77. The predicted octanol–water partition coefficient (Wildman–Crippen LogP) is 5.00. The Morgan fingerprint density at radius 2 is 1.40 bits per heavy atom. The maximum atomic E-state index is 14.8. The summed E-state index contributed by atoms with van der Waals surface area (Å²) in [6, 6.07) is 8.40. The van der Waals surface area contributed by atoms with E-state index in [1.54, 1.807) is 28.4 Å². The van der Waals surface area contributed by atoms with Crippen LogP contribution in [0.3, 0.4) is 0 Å². The minimum atomic E-state index is -0.709. The van der Waals surface area contributed by atoms with Gasteiger partial charge in [0, 0.05) is 28.7 Å². The number of methoxy groups -OCH3 is 6. The molecule has 3 aromatic carbocycles. The molecule has 1 amide bonds. The molecule has 0 aromatic heterocycles. The number of likely N-dealkylation sites (N-methyl/N-ethyl adjacent to an activating group) is 1. The van der Waals surface area contributed by atoms with E-state index in [1.807, 2.05) is 62.0 Å². The molecule has 2 aliphatic rings. The van der Waals surface area contributed by atoms with Crippen molar-refractivity contribution in [3.05, 3.63) is 75.5 Å². The Bertz CT molecular complexity index is 1730. The highest BCUT2D eigenvalue weighted by molar-refractivity contribution is 5.92. The fraction of sp³-hybridized carbons (Fsp3) is 0.389. The van der Waals surface area contributed by atoms with Gasteiger partial charge in [0.25, 0.3) is 5.91 Å². The Hall–Kier alpha value is -4.90. The van der Waals surface area contributed by atoms with E-state index in [9.17, 15) is 9.90 Å². The van der Waals surface area contributed by atoms with Gasteiger partial charge in [-0.3, -0.25) is 9.69 Å². The van der Waals surface area contributed by atoms with Gasteiger partial charge in [-0.15, -0.1) is 0 Å². The zero-order chi connectivity index (χ0) is 34.0. The number of nitrogens with zero attached hydrogens (tertiary/aromatic N) is 2. The maximum absolute atomic E-state index is 14.8. The third-order valence-electron chi connectivity index (χ3n) is 8.92. The molecule has 1 N–H and O–H groups in total.